The van der Waals surface area contributed by atoms with Gasteiger partial charge < -0.3 is 0 Å². The van der Waals surface area contributed by atoms with E-state index in [2.05, 4.69) is 11.5 Å². The molecule has 1 heterocycles. The van der Waals surface area contributed by atoms with E-state index in [1.807, 2.05) is 4.90 Å². The molecule has 4 bridgehead atoms. The van der Waals surface area contributed by atoms with Crippen LogP contribution in [0.4, 0.5) is 4.79 Å². The minimum absolute atomic E-state index is 0.0399. The van der Waals surface area contributed by atoms with E-state index in [0.29, 0.717) is 6.04 Å². The van der Waals surface area contributed by atoms with E-state index in [1.165, 1.54) is 44.9 Å². The van der Waals surface area contributed by atoms with Crippen LogP contribution in [-0.2, 0) is 0 Å². The van der Waals surface area contributed by atoms with Gasteiger partial charge in [-0.2, -0.15) is 5.32 Å². The molecule has 1 aliphatic heterocycles. The van der Waals surface area contributed by atoms with Gasteiger partial charge in [-0.25, -0.2) is 4.79 Å². The van der Waals surface area contributed by atoms with Crippen molar-refractivity contribution < 1.29 is 4.79 Å². The fourth-order valence-electron chi connectivity index (χ4n) is 5.71. The Balaban J connectivity index is 1.39. The van der Waals surface area contributed by atoms with Crippen LogP contribution < -0.4 is 5.32 Å². The van der Waals surface area contributed by atoms with Gasteiger partial charge >= 0.3 is 6.03 Å². The standard InChI is InChI=1S/C17H23N2O/c20-17-18-15(8-10-1-2-10)9-19(17)16-13-4-11-3-12(6-13)7-14(16)5-11/h9-14,16H,1-8H2. The van der Waals surface area contributed by atoms with Crippen molar-refractivity contribution in [2.75, 3.05) is 0 Å². The van der Waals surface area contributed by atoms with Crippen molar-refractivity contribution >= 4 is 6.03 Å². The van der Waals surface area contributed by atoms with Crippen LogP contribution in [0.2, 0.25) is 0 Å². The highest BCUT2D eigenvalue weighted by molar-refractivity contribution is 5.80. The van der Waals surface area contributed by atoms with E-state index in [9.17, 15) is 4.79 Å². The van der Waals surface area contributed by atoms with Crippen LogP contribution >= 0.6 is 0 Å². The number of allylic oxidation sites excluding steroid dienone is 1. The largest absolute Gasteiger partial charge is 0.348 e. The molecule has 0 saturated heterocycles. The molecule has 0 aromatic heterocycles. The van der Waals surface area contributed by atoms with Crippen molar-refractivity contribution in [2.45, 2.75) is 57.4 Å². The van der Waals surface area contributed by atoms with Crippen LogP contribution in [0.25, 0.3) is 0 Å². The SMILES string of the molecule is O=C1[N]C(CC2CC2)=CN1C1C2CC3CC(C2)CC1C3. The maximum atomic E-state index is 12.3. The molecule has 3 heteroatoms. The molecular weight excluding hydrogens is 248 g/mol. The summed E-state index contributed by atoms with van der Waals surface area (Å²) in [6.07, 6.45) is 12.8. The monoisotopic (exact) mass is 271 g/mol. The summed E-state index contributed by atoms with van der Waals surface area (Å²) in [6, 6.07) is 0.522. The highest BCUT2D eigenvalue weighted by Crippen LogP contribution is 2.55. The Morgan fingerprint density at radius 3 is 2.30 bits per heavy atom. The van der Waals surface area contributed by atoms with Gasteiger partial charge in [-0.1, -0.05) is 0 Å². The summed E-state index contributed by atoms with van der Waals surface area (Å²) in [7, 11) is 0. The zero-order valence-electron chi connectivity index (χ0n) is 12.0. The highest BCUT2D eigenvalue weighted by atomic mass is 16.2. The lowest BCUT2D eigenvalue weighted by Crippen LogP contribution is -2.55. The Kier molecular flexibility index (Phi) is 2.34. The summed E-state index contributed by atoms with van der Waals surface area (Å²) in [5.41, 5.74) is 1.06. The second-order valence-corrected chi connectivity index (χ2v) is 7.99. The molecule has 3 nitrogen and oxygen atoms in total. The van der Waals surface area contributed by atoms with E-state index in [-0.39, 0.29) is 6.03 Å². The average molecular weight is 271 g/mol. The summed E-state index contributed by atoms with van der Waals surface area (Å²) in [5.74, 6) is 4.29. The lowest BCUT2D eigenvalue weighted by atomic mass is 9.54. The maximum absolute atomic E-state index is 12.3. The third kappa shape index (κ3) is 1.74. The number of urea groups is 1. The van der Waals surface area contributed by atoms with E-state index in [1.54, 1.807) is 0 Å². The van der Waals surface area contributed by atoms with Crippen molar-refractivity contribution in [1.29, 1.82) is 0 Å². The van der Waals surface area contributed by atoms with Gasteiger partial charge in [0.05, 0.1) is 5.70 Å². The van der Waals surface area contributed by atoms with Crippen molar-refractivity contribution in [3.8, 4) is 0 Å². The Morgan fingerprint density at radius 2 is 1.70 bits per heavy atom. The molecule has 6 aliphatic rings. The first-order valence-electron chi connectivity index (χ1n) is 8.51. The van der Waals surface area contributed by atoms with Crippen molar-refractivity contribution in [1.82, 2.24) is 10.2 Å². The molecule has 1 radical (unpaired) electrons. The zero-order valence-corrected chi connectivity index (χ0v) is 12.0. The third-order valence-electron chi connectivity index (χ3n) is 6.44. The molecular formula is C17H23N2O. The smallest absolute Gasteiger partial charge is 0.294 e. The molecule has 107 valence electrons. The van der Waals surface area contributed by atoms with E-state index < -0.39 is 0 Å². The summed E-state index contributed by atoms with van der Waals surface area (Å²) < 4.78 is 0. The molecule has 5 fully saturated rings. The van der Waals surface area contributed by atoms with E-state index in [4.69, 9.17) is 0 Å². The van der Waals surface area contributed by atoms with Crippen LogP contribution in [0.3, 0.4) is 0 Å². The Labute approximate surface area is 120 Å². The molecule has 5 saturated carbocycles. The summed E-state index contributed by atoms with van der Waals surface area (Å²) in [6.45, 7) is 0. The van der Waals surface area contributed by atoms with Crippen LogP contribution in [-0.4, -0.2) is 17.0 Å². The quantitative estimate of drug-likeness (QED) is 0.773. The average Bonchev–Trinajstić information content (AvgIpc) is 3.12. The Bertz CT molecular complexity index is 451. The molecule has 0 aromatic rings. The first kappa shape index (κ1) is 11.6. The number of amides is 2. The van der Waals surface area contributed by atoms with Crippen molar-refractivity contribution in [3.05, 3.63) is 11.9 Å². The van der Waals surface area contributed by atoms with Crippen molar-refractivity contribution in [3.63, 3.8) is 0 Å². The Morgan fingerprint density at radius 1 is 1.05 bits per heavy atom. The summed E-state index contributed by atoms with van der Waals surface area (Å²) in [4.78, 5) is 14.4. The van der Waals surface area contributed by atoms with E-state index in [0.717, 1.165) is 41.7 Å². The minimum Gasteiger partial charge on any atom is -0.294 e. The second-order valence-electron chi connectivity index (χ2n) is 7.99. The molecule has 0 spiro atoms. The molecule has 0 aromatic carbocycles. The molecule has 20 heavy (non-hydrogen) atoms. The summed E-state index contributed by atoms with van der Waals surface area (Å²) in [5, 5.41) is 4.33. The van der Waals surface area contributed by atoms with Gasteiger partial charge in [-0.15, -0.1) is 0 Å². The van der Waals surface area contributed by atoms with Gasteiger partial charge in [0.1, 0.15) is 0 Å². The molecule has 2 amide bonds. The summed E-state index contributed by atoms with van der Waals surface area (Å²) >= 11 is 0. The predicted octanol–water partition coefficient (Wildman–Crippen LogP) is 3.49. The fourth-order valence-corrected chi connectivity index (χ4v) is 5.71. The van der Waals surface area contributed by atoms with E-state index >= 15 is 0 Å². The van der Waals surface area contributed by atoms with Gasteiger partial charge in [0.25, 0.3) is 0 Å². The molecule has 0 N–H and O–H groups in total. The number of carbonyl (C=O) groups is 1. The topological polar surface area (TPSA) is 34.4 Å². The van der Waals surface area contributed by atoms with Crippen LogP contribution in [0, 0.1) is 29.6 Å². The predicted molar refractivity (Wildman–Crippen MR) is 75.6 cm³/mol. The van der Waals surface area contributed by atoms with Gasteiger partial charge in [0.15, 0.2) is 0 Å². The third-order valence-corrected chi connectivity index (χ3v) is 6.44. The number of nitrogens with zero attached hydrogens (tertiary/aromatic N) is 2. The second kappa shape index (κ2) is 4.02. The lowest BCUT2D eigenvalue weighted by Gasteiger charge is -2.55. The highest BCUT2D eigenvalue weighted by Gasteiger charge is 2.51. The first-order chi connectivity index (χ1) is 9.76. The minimum atomic E-state index is 0.0399. The van der Waals surface area contributed by atoms with Gasteiger partial charge in [0, 0.05) is 12.2 Å². The van der Waals surface area contributed by atoms with Crippen molar-refractivity contribution in [2.24, 2.45) is 29.6 Å². The number of carbonyl (C=O) groups excluding carboxylic acids is 1. The molecule has 6 rings (SSSR count). The van der Waals surface area contributed by atoms with Gasteiger partial charge in [-0.3, -0.25) is 4.90 Å². The fraction of sp³-hybridized carbons (Fsp3) is 0.824. The first-order valence-corrected chi connectivity index (χ1v) is 8.51. The molecule has 0 unspecified atom stereocenters. The number of rotatable bonds is 3. The van der Waals surface area contributed by atoms with Crippen LogP contribution in [0.15, 0.2) is 11.9 Å². The lowest BCUT2D eigenvalue weighted by molar-refractivity contribution is -0.0382. The number of hydrogen-bond acceptors (Lipinski definition) is 1. The van der Waals surface area contributed by atoms with Crippen LogP contribution in [0.5, 0.6) is 0 Å². The Hall–Kier alpha value is -0.990. The molecule has 5 aliphatic carbocycles. The zero-order chi connectivity index (χ0) is 13.3. The van der Waals surface area contributed by atoms with Gasteiger partial charge in [-0.05, 0) is 81.0 Å². The normalized spacial score (nSPS) is 45.8. The van der Waals surface area contributed by atoms with Crippen LogP contribution in [0.1, 0.15) is 51.4 Å². The number of hydrogen-bond donors (Lipinski definition) is 0. The molecule has 0 atom stereocenters. The maximum Gasteiger partial charge on any atom is 0.348 e. The van der Waals surface area contributed by atoms with Gasteiger partial charge in [0.2, 0.25) is 0 Å².